The van der Waals surface area contributed by atoms with E-state index in [1.807, 2.05) is 0 Å². The van der Waals surface area contributed by atoms with Crippen molar-refractivity contribution in [3.8, 4) is 0 Å². The molecule has 0 spiro atoms. The summed E-state index contributed by atoms with van der Waals surface area (Å²) in [5.41, 5.74) is 1.17. The van der Waals surface area contributed by atoms with E-state index in [-0.39, 0.29) is 0 Å². The maximum absolute atomic E-state index is 5.60. The van der Waals surface area contributed by atoms with Crippen LogP contribution in [0.2, 0.25) is 0 Å². The molecule has 0 saturated carbocycles. The number of hydrogen-bond donors (Lipinski definition) is 2. The van der Waals surface area contributed by atoms with Crippen molar-refractivity contribution in [2.75, 3.05) is 30.3 Å². The maximum Gasteiger partial charge on any atom is 0.134 e. The second kappa shape index (κ2) is 7.43. The minimum atomic E-state index is 0.340. The van der Waals surface area contributed by atoms with E-state index in [0.29, 0.717) is 12.0 Å². The third-order valence-corrected chi connectivity index (χ3v) is 3.91. The normalized spacial score (nSPS) is 21.9. The van der Waals surface area contributed by atoms with Crippen LogP contribution in [0.5, 0.6) is 0 Å². The van der Waals surface area contributed by atoms with Crippen LogP contribution < -0.4 is 10.6 Å². The van der Waals surface area contributed by atoms with Gasteiger partial charge in [-0.3, -0.25) is 0 Å². The van der Waals surface area contributed by atoms with Crippen molar-refractivity contribution < 1.29 is 4.74 Å². The Morgan fingerprint density at radius 3 is 2.60 bits per heavy atom. The smallest absolute Gasteiger partial charge is 0.134 e. The summed E-state index contributed by atoms with van der Waals surface area (Å²) in [4.78, 5) is 8.76. The lowest BCUT2D eigenvalue weighted by atomic mass is 10.0. The van der Waals surface area contributed by atoms with Crippen LogP contribution in [-0.4, -0.2) is 35.8 Å². The third-order valence-electron chi connectivity index (χ3n) is 3.91. The van der Waals surface area contributed by atoms with Crippen molar-refractivity contribution in [1.29, 1.82) is 0 Å². The highest BCUT2D eigenvalue weighted by Gasteiger charge is 2.24. The molecule has 5 nitrogen and oxygen atoms in total. The lowest BCUT2D eigenvalue weighted by Crippen LogP contribution is -2.22. The molecule has 2 heterocycles. The van der Waals surface area contributed by atoms with Gasteiger partial charge in [0.15, 0.2) is 0 Å². The molecular formula is C15H26N4O. The third kappa shape index (κ3) is 3.60. The fourth-order valence-electron chi connectivity index (χ4n) is 2.57. The van der Waals surface area contributed by atoms with E-state index in [9.17, 15) is 0 Å². The number of aromatic nitrogens is 2. The maximum atomic E-state index is 5.60. The van der Waals surface area contributed by atoms with Gasteiger partial charge >= 0.3 is 0 Å². The summed E-state index contributed by atoms with van der Waals surface area (Å²) in [6.07, 6.45) is 5.11. The number of nitrogens with one attached hydrogen (secondary N) is 2. The van der Waals surface area contributed by atoms with E-state index >= 15 is 0 Å². The van der Waals surface area contributed by atoms with Crippen molar-refractivity contribution in [3.63, 3.8) is 0 Å². The summed E-state index contributed by atoms with van der Waals surface area (Å²) in [6.45, 7) is 9.17. The van der Waals surface area contributed by atoms with Crippen LogP contribution in [0.4, 0.5) is 11.6 Å². The van der Waals surface area contributed by atoms with Crippen LogP contribution in [0, 0.1) is 5.92 Å². The Hall–Kier alpha value is -1.36. The molecular weight excluding hydrogens is 252 g/mol. The van der Waals surface area contributed by atoms with Crippen LogP contribution in [0.1, 0.15) is 39.2 Å². The summed E-state index contributed by atoms with van der Waals surface area (Å²) in [5, 5.41) is 6.86. The predicted molar refractivity (Wildman–Crippen MR) is 82.2 cm³/mol. The Labute approximate surface area is 121 Å². The summed E-state index contributed by atoms with van der Waals surface area (Å²) in [7, 11) is 0. The van der Waals surface area contributed by atoms with Crippen molar-refractivity contribution in [2.24, 2.45) is 5.92 Å². The lowest BCUT2D eigenvalue weighted by molar-refractivity contribution is 0.108. The Morgan fingerprint density at radius 2 is 2.00 bits per heavy atom. The number of rotatable bonds is 7. The van der Waals surface area contributed by atoms with E-state index in [4.69, 9.17) is 4.74 Å². The van der Waals surface area contributed by atoms with E-state index in [1.54, 1.807) is 6.33 Å². The Morgan fingerprint density at radius 1 is 1.25 bits per heavy atom. The molecule has 1 saturated heterocycles. The van der Waals surface area contributed by atoms with Gasteiger partial charge in [-0.2, -0.15) is 0 Å². The molecule has 112 valence electrons. The largest absolute Gasteiger partial charge is 0.378 e. The molecule has 1 fully saturated rings. The van der Waals surface area contributed by atoms with Crippen molar-refractivity contribution in [2.45, 2.75) is 46.1 Å². The highest BCUT2D eigenvalue weighted by atomic mass is 16.5. The molecule has 2 unspecified atom stereocenters. The first-order valence-electron chi connectivity index (χ1n) is 7.69. The number of anilines is 2. The first-order valence-corrected chi connectivity index (χ1v) is 7.69. The van der Waals surface area contributed by atoms with Gasteiger partial charge in [-0.15, -0.1) is 0 Å². The zero-order valence-electron chi connectivity index (χ0n) is 12.8. The minimum absolute atomic E-state index is 0.340. The molecule has 0 amide bonds. The number of nitrogens with zero attached hydrogens (tertiary/aromatic N) is 2. The SMILES string of the molecule is CCCNc1ncnc(NCC2CCOC2C)c1CC. The minimum Gasteiger partial charge on any atom is -0.378 e. The Bertz CT molecular complexity index is 424. The van der Waals surface area contributed by atoms with Crippen LogP contribution in [0.3, 0.4) is 0 Å². The highest BCUT2D eigenvalue weighted by Crippen LogP contribution is 2.24. The standard InChI is InChI=1S/C15H26N4O/c1-4-7-16-14-13(5-2)15(19-10-18-14)17-9-12-6-8-20-11(12)3/h10-12H,4-9H2,1-3H3,(H2,16,17,18,19). The average Bonchev–Trinajstić information content (AvgIpc) is 2.88. The Kier molecular flexibility index (Phi) is 5.59. The van der Waals surface area contributed by atoms with Gasteiger partial charge in [-0.1, -0.05) is 13.8 Å². The van der Waals surface area contributed by atoms with E-state index in [2.05, 4.69) is 41.4 Å². The molecule has 0 aliphatic carbocycles. The summed E-state index contributed by atoms with van der Waals surface area (Å²) >= 11 is 0. The van der Waals surface area contributed by atoms with Crippen LogP contribution >= 0.6 is 0 Å². The van der Waals surface area contributed by atoms with Gasteiger partial charge in [0.25, 0.3) is 0 Å². The van der Waals surface area contributed by atoms with Gasteiger partial charge in [0.2, 0.25) is 0 Å². The molecule has 2 rings (SSSR count). The molecule has 0 bridgehead atoms. The molecule has 0 aromatic carbocycles. The lowest BCUT2D eigenvalue weighted by Gasteiger charge is -2.18. The van der Waals surface area contributed by atoms with Gasteiger partial charge in [0.1, 0.15) is 18.0 Å². The van der Waals surface area contributed by atoms with Crippen LogP contribution in [0.25, 0.3) is 0 Å². The molecule has 2 N–H and O–H groups in total. The van der Waals surface area contributed by atoms with Gasteiger partial charge < -0.3 is 15.4 Å². The average molecular weight is 278 g/mol. The highest BCUT2D eigenvalue weighted by molar-refractivity contribution is 5.57. The van der Waals surface area contributed by atoms with E-state index in [1.165, 1.54) is 5.56 Å². The van der Waals surface area contributed by atoms with Gasteiger partial charge in [0.05, 0.1) is 6.10 Å². The topological polar surface area (TPSA) is 59.1 Å². The molecule has 5 heteroatoms. The summed E-state index contributed by atoms with van der Waals surface area (Å²) in [6, 6.07) is 0. The molecule has 1 aromatic rings. The van der Waals surface area contributed by atoms with Crippen molar-refractivity contribution >= 4 is 11.6 Å². The van der Waals surface area contributed by atoms with Crippen LogP contribution in [0.15, 0.2) is 6.33 Å². The first-order chi connectivity index (χ1) is 9.76. The molecule has 1 aliphatic rings. The van der Waals surface area contributed by atoms with Gasteiger partial charge in [-0.25, -0.2) is 9.97 Å². The number of ether oxygens (including phenoxy) is 1. The zero-order valence-corrected chi connectivity index (χ0v) is 12.8. The van der Waals surface area contributed by atoms with E-state index < -0.39 is 0 Å². The van der Waals surface area contributed by atoms with Crippen LogP contribution in [-0.2, 0) is 11.2 Å². The number of hydrogen-bond acceptors (Lipinski definition) is 5. The second-order valence-corrected chi connectivity index (χ2v) is 5.34. The fourth-order valence-corrected chi connectivity index (χ4v) is 2.57. The predicted octanol–water partition coefficient (Wildman–Crippen LogP) is 2.70. The molecule has 1 aromatic heterocycles. The molecule has 20 heavy (non-hydrogen) atoms. The summed E-state index contributed by atoms with van der Waals surface area (Å²) < 4.78 is 5.60. The van der Waals surface area contributed by atoms with E-state index in [0.717, 1.165) is 50.6 Å². The fraction of sp³-hybridized carbons (Fsp3) is 0.733. The van der Waals surface area contributed by atoms with Crippen molar-refractivity contribution in [1.82, 2.24) is 9.97 Å². The Balaban J connectivity index is 2.02. The zero-order chi connectivity index (χ0) is 14.4. The molecule has 1 aliphatic heterocycles. The van der Waals surface area contributed by atoms with Crippen molar-refractivity contribution in [3.05, 3.63) is 11.9 Å². The second-order valence-electron chi connectivity index (χ2n) is 5.34. The quantitative estimate of drug-likeness (QED) is 0.803. The molecule has 0 radical (unpaired) electrons. The van der Waals surface area contributed by atoms with Gasteiger partial charge in [0, 0.05) is 31.2 Å². The molecule has 2 atom stereocenters. The monoisotopic (exact) mass is 278 g/mol. The van der Waals surface area contributed by atoms with Gasteiger partial charge in [-0.05, 0) is 26.2 Å². The summed E-state index contributed by atoms with van der Waals surface area (Å²) in [5.74, 6) is 2.49. The first kappa shape index (κ1) is 15.0.